The third-order valence-electron chi connectivity index (χ3n) is 5.81. The number of nitrogens with zero attached hydrogens (tertiary/aromatic N) is 1. The summed E-state index contributed by atoms with van der Waals surface area (Å²) in [5.41, 5.74) is 1.78. The van der Waals surface area contributed by atoms with Crippen molar-refractivity contribution in [1.29, 1.82) is 0 Å². The predicted molar refractivity (Wildman–Crippen MR) is 104 cm³/mol. The topological polar surface area (TPSA) is 49.4 Å². The van der Waals surface area contributed by atoms with Crippen LogP contribution in [0.1, 0.15) is 25.3 Å². The van der Waals surface area contributed by atoms with Crippen molar-refractivity contribution in [2.45, 2.75) is 42.0 Å². The van der Waals surface area contributed by atoms with Gasteiger partial charge in [-0.2, -0.15) is 0 Å². The van der Waals surface area contributed by atoms with Gasteiger partial charge in [-0.3, -0.25) is 0 Å². The molecule has 2 aromatic carbocycles. The van der Waals surface area contributed by atoms with Gasteiger partial charge in [0.15, 0.2) is 0 Å². The second-order valence-corrected chi connectivity index (χ2v) is 9.14. The fourth-order valence-corrected chi connectivity index (χ4v) is 6.26. The van der Waals surface area contributed by atoms with E-state index in [1.54, 1.807) is 12.1 Å². The fraction of sp³-hybridized carbons (Fsp3) is 0.429. The van der Waals surface area contributed by atoms with Gasteiger partial charge in [0.2, 0.25) is 9.84 Å². The van der Waals surface area contributed by atoms with E-state index in [1.165, 1.54) is 0 Å². The minimum atomic E-state index is -3.52. The zero-order chi connectivity index (χ0) is 18.1. The van der Waals surface area contributed by atoms with E-state index in [9.17, 15) is 8.42 Å². The van der Waals surface area contributed by atoms with Gasteiger partial charge in [0, 0.05) is 12.6 Å². The molecule has 2 aliphatic rings. The molecule has 1 fully saturated rings. The molecule has 0 aromatic heterocycles. The minimum absolute atomic E-state index is 0.353. The highest BCUT2D eigenvalue weighted by molar-refractivity contribution is 7.91. The number of fused-ring (bicyclic) bond motifs is 2. The molecule has 0 amide bonds. The lowest BCUT2D eigenvalue weighted by Gasteiger charge is -2.39. The largest absolute Gasteiger partial charge is 0.367 e. The van der Waals surface area contributed by atoms with E-state index >= 15 is 0 Å². The highest BCUT2D eigenvalue weighted by atomic mass is 32.2. The molecule has 1 N–H and O–H groups in total. The molecule has 4 rings (SSSR count). The SMILES string of the molecule is CCC(C1CCNC1)N1CCc2ccccc2S(=O)(=O)c2ccccc21. The first-order valence-electron chi connectivity index (χ1n) is 9.52. The van der Waals surface area contributed by atoms with E-state index in [4.69, 9.17) is 0 Å². The number of hydrogen-bond acceptors (Lipinski definition) is 4. The zero-order valence-corrected chi connectivity index (χ0v) is 16.0. The predicted octanol–water partition coefficient (Wildman–Crippen LogP) is 3.27. The third kappa shape index (κ3) is 2.93. The number of sulfone groups is 1. The number of rotatable bonds is 3. The van der Waals surface area contributed by atoms with Crippen LogP contribution in [0.15, 0.2) is 58.3 Å². The Labute approximate surface area is 156 Å². The van der Waals surface area contributed by atoms with Gasteiger partial charge >= 0.3 is 0 Å². The first-order chi connectivity index (χ1) is 12.6. The van der Waals surface area contributed by atoms with Crippen LogP contribution in [0.2, 0.25) is 0 Å². The highest BCUT2D eigenvalue weighted by Gasteiger charge is 2.34. The van der Waals surface area contributed by atoms with Crippen molar-refractivity contribution in [2.75, 3.05) is 24.5 Å². The monoisotopic (exact) mass is 370 g/mol. The normalized spacial score (nSPS) is 22.8. The highest BCUT2D eigenvalue weighted by Crippen LogP contribution is 2.37. The van der Waals surface area contributed by atoms with E-state index in [2.05, 4.69) is 17.1 Å². The molecule has 1 saturated heterocycles. The summed E-state index contributed by atoms with van der Waals surface area (Å²) in [6.45, 7) is 5.13. The Morgan fingerprint density at radius 2 is 1.85 bits per heavy atom. The van der Waals surface area contributed by atoms with Gasteiger partial charge in [0.1, 0.15) is 0 Å². The minimum Gasteiger partial charge on any atom is -0.367 e. The Kier molecular flexibility index (Phi) is 4.76. The fourth-order valence-electron chi connectivity index (χ4n) is 4.53. The summed E-state index contributed by atoms with van der Waals surface area (Å²) in [5, 5.41) is 3.47. The Morgan fingerprint density at radius 1 is 1.12 bits per heavy atom. The van der Waals surface area contributed by atoms with Crippen LogP contribution in [0.25, 0.3) is 0 Å². The van der Waals surface area contributed by atoms with Crippen molar-refractivity contribution in [1.82, 2.24) is 5.32 Å². The van der Waals surface area contributed by atoms with Crippen molar-refractivity contribution in [2.24, 2.45) is 5.92 Å². The van der Waals surface area contributed by atoms with Crippen LogP contribution >= 0.6 is 0 Å². The Hall–Kier alpha value is -1.85. The van der Waals surface area contributed by atoms with Gasteiger partial charge in [-0.15, -0.1) is 0 Å². The van der Waals surface area contributed by atoms with Crippen molar-refractivity contribution >= 4 is 15.5 Å². The second-order valence-electron chi connectivity index (χ2n) is 7.25. The van der Waals surface area contributed by atoms with Crippen molar-refractivity contribution < 1.29 is 8.42 Å². The lowest BCUT2D eigenvalue weighted by atomic mass is 9.94. The van der Waals surface area contributed by atoms with Crippen molar-refractivity contribution in [3.8, 4) is 0 Å². The molecular formula is C21H26N2O2S. The summed E-state index contributed by atoms with van der Waals surface area (Å²) in [5.74, 6) is 0.561. The zero-order valence-electron chi connectivity index (χ0n) is 15.2. The maximum atomic E-state index is 13.4. The molecule has 5 heteroatoms. The van der Waals surface area contributed by atoms with Crippen LogP contribution in [0.4, 0.5) is 5.69 Å². The molecule has 2 aliphatic heterocycles. The lowest BCUT2D eigenvalue weighted by molar-refractivity contribution is 0.410. The van der Waals surface area contributed by atoms with Crippen LogP contribution < -0.4 is 10.2 Å². The Balaban J connectivity index is 1.86. The standard InChI is InChI=1S/C21H26N2O2S/c1-2-18(17-11-13-22-15-17)23-14-12-16-7-3-5-9-20(16)26(24,25)21-10-6-4-8-19(21)23/h3-10,17-18,22H,2,11-15H2,1H3. The van der Waals surface area contributed by atoms with Crippen LogP contribution in [0.3, 0.4) is 0 Å². The van der Waals surface area contributed by atoms with Gasteiger partial charge in [0.05, 0.1) is 15.5 Å². The first-order valence-corrected chi connectivity index (χ1v) is 11.0. The summed E-state index contributed by atoms with van der Waals surface area (Å²) in [7, 11) is -3.52. The molecule has 0 aliphatic carbocycles. The molecule has 2 aromatic rings. The quantitative estimate of drug-likeness (QED) is 0.901. The third-order valence-corrected chi connectivity index (χ3v) is 7.71. The van der Waals surface area contributed by atoms with Crippen molar-refractivity contribution in [3.63, 3.8) is 0 Å². The number of benzene rings is 2. The number of hydrogen-bond donors (Lipinski definition) is 1. The summed E-state index contributed by atoms with van der Waals surface area (Å²) < 4.78 is 26.8. The van der Waals surface area contributed by atoms with Gasteiger partial charge in [0.25, 0.3) is 0 Å². The molecule has 2 heterocycles. The number of para-hydroxylation sites is 1. The molecule has 0 radical (unpaired) electrons. The number of nitrogens with one attached hydrogen (secondary N) is 1. The molecular weight excluding hydrogens is 344 g/mol. The summed E-state index contributed by atoms with van der Waals surface area (Å²) >= 11 is 0. The molecule has 4 nitrogen and oxygen atoms in total. The molecule has 2 unspecified atom stereocenters. The van der Waals surface area contributed by atoms with E-state index in [0.29, 0.717) is 21.8 Å². The van der Waals surface area contributed by atoms with Crippen LogP contribution in [0, 0.1) is 5.92 Å². The Morgan fingerprint density at radius 3 is 2.58 bits per heavy atom. The smallest absolute Gasteiger partial charge is 0.208 e. The lowest BCUT2D eigenvalue weighted by Crippen LogP contribution is -2.43. The molecule has 138 valence electrons. The van der Waals surface area contributed by atoms with Crippen molar-refractivity contribution in [3.05, 3.63) is 54.1 Å². The van der Waals surface area contributed by atoms with Crippen LogP contribution in [0.5, 0.6) is 0 Å². The molecule has 0 bridgehead atoms. The van der Waals surface area contributed by atoms with E-state index < -0.39 is 9.84 Å². The van der Waals surface area contributed by atoms with Gasteiger partial charge in [-0.25, -0.2) is 8.42 Å². The van der Waals surface area contributed by atoms with Crippen LogP contribution in [-0.4, -0.2) is 34.1 Å². The summed E-state index contributed by atoms with van der Waals surface area (Å²) in [4.78, 5) is 3.26. The van der Waals surface area contributed by atoms with E-state index in [-0.39, 0.29) is 0 Å². The average Bonchev–Trinajstić information content (AvgIpc) is 3.19. The average molecular weight is 371 g/mol. The first kappa shape index (κ1) is 17.6. The van der Waals surface area contributed by atoms with E-state index in [1.807, 2.05) is 36.4 Å². The van der Waals surface area contributed by atoms with Crippen LogP contribution in [-0.2, 0) is 16.3 Å². The molecule has 0 saturated carbocycles. The van der Waals surface area contributed by atoms with Gasteiger partial charge in [-0.1, -0.05) is 37.3 Å². The van der Waals surface area contributed by atoms with E-state index in [0.717, 1.165) is 50.1 Å². The summed E-state index contributed by atoms with van der Waals surface area (Å²) in [6.07, 6.45) is 2.92. The maximum absolute atomic E-state index is 13.4. The molecule has 26 heavy (non-hydrogen) atoms. The maximum Gasteiger partial charge on any atom is 0.208 e. The van der Waals surface area contributed by atoms with Gasteiger partial charge in [-0.05, 0) is 62.0 Å². The Bertz CT molecular complexity index is 888. The summed E-state index contributed by atoms with van der Waals surface area (Å²) in [6, 6.07) is 15.3. The second kappa shape index (κ2) is 7.05. The molecule has 2 atom stereocenters. The number of anilines is 1. The van der Waals surface area contributed by atoms with Gasteiger partial charge < -0.3 is 10.2 Å². The molecule has 0 spiro atoms.